The Hall–Kier alpha value is -2.64. The van der Waals surface area contributed by atoms with E-state index in [9.17, 15) is 26.3 Å². The van der Waals surface area contributed by atoms with Gasteiger partial charge in [-0.2, -0.15) is 26.3 Å². The van der Waals surface area contributed by atoms with E-state index in [0.29, 0.717) is 29.9 Å². The maximum absolute atomic E-state index is 13.3. The number of nitrogens with one attached hydrogen (secondary N) is 1. The maximum Gasteiger partial charge on any atom is 0.420 e. The molecule has 0 bridgehead atoms. The third kappa shape index (κ3) is 4.10. The summed E-state index contributed by atoms with van der Waals surface area (Å²) in [5, 5.41) is 0.691. The summed E-state index contributed by atoms with van der Waals surface area (Å²) >= 11 is 0. The number of hydrogen-bond acceptors (Lipinski definition) is 1. The first kappa shape index (κ1) is 20.1. The number of hydrogen-bond donors (Lipinski definition) is 1. The van der Waals surface area contributed by atoms with E-state index in [0.717, 1.165) is 11.1 Å². The minimum atomic E-state index is -5.02. The van der Waals surface area contributed by atoms with Gasteiger partial charge in [-0.3, -0.25) is 0 Å². The van der Waals surface area contributed by atoms with E-state index in [-0.39, 0.29) is 5.75 Å². The van der Waals surface area contributed by atoms with E-state index in [1.807, 2.05) is 19.9 Å². The van der Waals surface area contributed by atoms with E-state index >= 15 is 0 Å². The van der Waals surface area contributed by atoms with Gasteiger partial charge in [0.2, 0.25) is 0 Å². The summed E-state index contributed by atoms with van der Waals surface area (Å²) in [5.74, 6) is -1.07. The van der Waals surface area contributed by atoms with Gasteiger partial charge in [-0.15, -0.1) is 0 Å². The molecule has 28 heavy (non-hydrogen) atoms. The highest BCUT2D eigenvalue weighted by molar-refractivity contribution is 5.84. The molecule has 0 spiro atoms. The molecule has 2 nitrogen and oxygen atoms in total. The van der Waals surface area contributed by atoms with E-state index < -0.39 is 29.2 Å². The second-order valence-corrected chi connectivity index (χ2v) is 6.83. The van der Waals surface area contributed by atoms with Gasteiger partial charge in [0.15, 0.2) is 5.75 Å². The molecule has 1 N–H and O–H groups in total. The smallest absolute Gasteiger partial charge is 0.420 e. The molecule has 0 fully saturated rings. The Balaban J connectivity index is 2.10. The Kier molecular flexibility index (Phi) is 5.08. The monoisotopic (exact) mass is 400 g/mol. The summed E-state index contributed by atoms with van der Waals surface area (Å²) in [7, 11) is 0. The highest BCUT2D eigenvalue weighted by atomic mass is 19.4. The normalized spacial score (nSPS) is 12.8. The molecular weight excluding hydrogens is 384 g/mol. The zero-order chi connectivity index (χ0) is 20.7. The zero-order valence-electron chi connectivity index (χ0n) is 14.9. The van der Waals surface area contributed by atoms with Crippen LogP contribution in [0, 0.1) is 12.0 Å². The summed E-state index contributed by atoms with van der Waals surface area (Å²) in [6.07, 6.45) is -7.57. The van der Waals surface area contributed by atoms with Crippen molar-refractivity contribution in [2.45, 2.75) is 32.6 Å². The first-order chi connectivity index (χ1) is 13.0. The van der Waals surface area contributed by atoms with Crippen LogP contribution in [0.25, 0.3) is 10.9 Å². The predicted molar refractivity (Wildman–Crippen MR) is 92.2 cm³/mol. The van der Waals surface area contributed by atoms with Crippen LogP contribution < -0.4 is 4.74 Å². The third-order valence-electron chi connectivity index (χ3n) is 4.14. The van der Waals surface area contributed by atoms with Gasteiger partial charge in [0, 0.05) is 17.1 Å². The maximum atomic E-state index is 13.3. The number of H-pyrrole nitrogens is 1. The van der Waals surface area contributed by atoms with Crippen LogP contribution in [0.1, 0.15) is 30.5 Å². The van der Waals surface area contributed by atoms with Gasteiger partial charge in [0.1, 0.15) is 5.75 Å². The quantitative estimate of drug-likeness (QED) is 0.469. The Morgan fingerprint density at radius 2 is 1.61 bits per heavy atom. The topological polar surface area (TPSA) is 25.0 Å². The number of rotatable bonds is 4. The van der Waals surface area contributed by atoms with Gasteiger partial charge in [0.05, 0.1) is 11.1 Å². The van der Waals surface area contributed by atoms with E-state index in [4.69, 9.17) is 4.74 Å². The van der Waals surface area contributed by atoms with Crippen LogP contribution in [0.2, 0.25) is 0 Å². The largest absolute Gasteiger partial charge is 0.456 e. The van der Waals surface area contributed by atoms with Crippen LogP contribution in [0.4, 0.5) is 26.3 Å². The van der Waals surface area contributed by atoms with Gasteiger partial charge in [-0.05, 0) is 54.3 Å². The summed E-state index contributed by atoms with van der Waals surface area (Å²) in [5.41, 5.74) is -1.43. The lowest BCUT2D eigenvalue weighted by Gasteiger charge is -2.18. The van der Waals surface area contributed by atoms with Crippen molar-refractivity contribution in [1.29, 1.82) is 0 Å². The molecule has 0 aliphatic carbocycles. The Morgan fingerprint density at radius 1 is 1.00 bits per heavy atom. The van der Waals surface area contributed by atoms with Crippen LogP contribution >= 0.6 is 0 Å². The lowest BCUT2D eigenvalue weighted by molar-refractivity contribution is -0.145. The van der Waals surface area contributed by atoms with Crippen molar-refractivity contribution in [3.8, 4) is 11.5 Å². The number of alkyl halides is 6. The standard InChI is InChI=1S/C20H16F6NO/c1-11(2)8-12-10-27-17-7-6-13(9-14(12)17)28-18-15(19(21,22)23)4-3-5-16(18)20(24,25)26/h4-7,9-11,27H,8H2,1-2H3. The Morgan fingerprint density at radius 3 is 2.14 bits per heavy atom. The lowest BCUT2D eigenvalue weighted by atomic mass is 10.0. The fourth-order valence-corrected chi connectivity index (χ4v) is 2.96. The molecule has 1 heterocycles. The number of halogens is 6. The lowest BCUT2D eigenvalue weighted by Crippen LogP contribution is -2.13. The van der Waals surface area contributed by atoms with Gasteiger partial charge in [-0.25, -0.2) is 0 Å². The molecule has 1 radical (unpaired) electrons. The number of ether oxygens (including phenoxy) is 1. The average molecular weight is 400 g/mol. The first-order valence-electron chi connectivity index (χ1n) is 8.43. The fourth-order valence-electron chi connectivity index (χ4n) is 2.96. The minimum absolute atomic E-state index is 0.112. The van der Waals surface area contributed by atoms with Gasteiger partial charge < -0.3 is 9.72 Å². The third-order valence-corrected chi connectivity index (χ3v) is 4.14. The molecule has 149 valence electrons. The molecule has 0 saturated heterocycles. The molecule has 0 amide bonds. The minimum Gasteiger partial charge on any atom is -0.456 e. The molecule has 0 aliphatic heterocycles. The zero-order valence-corrected chi connectivity index (χ0v) is 14.9. The molecule has 0 unspecified atom stereocenters. The van der Waals surface area contributed by atoms with Crippen molar-refractivity contribution < 1.29 is 31.1 Å². The van der Waals surface area contributed by atoms with Crippen LogP contribution in [0.3, 0.4) is 0 Å². The molecule has 0 saturated carbocycles. The van der Waals surface area contributed by atoms with Crippen LogP contribution in [-0.2, 0) is 18.8 Å². The number of fused-ring (bicyclic) bond motifs is 1. The van der Waals surface area contributed by atoms with Crippen molar-refractivity contribution in [3.63, 3.8) is 0 Å². The second kappa shape index (κ2) is 7.07. The van der Waals surface area contributed by atoms with Crippen molar-refractivity contribution in [1.82, 2.24) is 4.98 Å². The van der Waals surface area contributed by atoms with Gasteiger partial charge in [-0.1, -0.05) is 13.8 Å². The van der Waals surface area contributed by atoms with Crippen molar-refractivity contribution in [2.75, 3.05) is 0 Å². The van der Waals surface area contributed by atoms with Crippen molar-refractivity contribution in [2.24, 2.45) is 5.92 Å². The van der Waals surface area contributed by atoms with Gasteiger partial charge in [0.25, 0.3) is 0 Å². The Labute approximate surface area is 157 Å². The molecule has 2 aromatic carbocycles. The van der Waals surface area contributed by atoms with E-state index in [1.165, 1.54) is 12.1 Å². The molecule has 0 atom stereocenters. The molecule has 8 heteroatoms. The fraction of sp³-hybridized carbons (Fsp3) is 0.300. The molecular formula is C20H16F6NO. The Bertz CT molecular complexity index is 952. The van der Waals surface area contributed by atoms with Crippen molar-refractivity contribution >= 4 is 10.9 Å². The van der Waals surface area contributed by atoms with E-state index in [2.05, 4.69) is 4.98 Å². The number of aromatic nitrogens is 1. The molecule has 3 rings (SSSR count). The average Bonchev–Trinajstić information content (AvgIpc) is 2.95. The molecule has 1 aromatic heterocycles. The number of aromatic amines is 1. The summed E-state index contributed by atoms with van der Waals surface area (Å²) in [6, 6.07) is 7.13. The summed E-state index contributed by atoms with van der Waals surface area (Å²) in [4.78, 5) is 3.04. The molecule has 0 aliphatic rings. The summed E-state index contributed by atoms with van der Waals surface area (Å²) < 4.78 is 84.7. The van der Waals surface area contributed by atoms with Crippen molar-refractivity contribution in [3.05, 3.63) is 59.3 Å². The summed E-state index contributed by atoms with van der Waals surface area (Å²) in [6.45, 7) is 4.01. The highest BCUT2D eigenvalue weighted by Crippen LogP contribution is 2.45. The SMILES string of the molecule is CC(C)Cc1c[nH]c2ccc(Oc3c(C(F)(F)F)c[c]cc3C(F)(F)F)cc12. The van der Waals surface area contributed by atoms with Gasteiger partial charge >= 0.3 is 12.4 Å². The van der Waals surface area contributed by atoms with Crippen LogP contribution in [-0.4, -0.2) is 4.98 Å². The first-order valence-corrected chi connectivity index (χ1v) is 8.43. The molecule has 3 aromatic rings. The van der Waals surface area contributed by atoms with E-state index in [1.54, 1.807) is 12.3 Å². The number of benzene rings is 2. The predicted octanol–water partition coefficient (Wildman–Crippen LogP) is 7.00. The van der Waals surface area contributed by atoms with Crippen LogP contribution in [0.15, 0.2) is 36.5 Å². The van der Waals surface area contributed by atoms with Crippen LogP contribution in [0.5, 0.6) is 11.5 Å². The highest BCUT2D eigenvalue weighted by Gasteiger charge is 2.42. The second-order valence-electron chi connectivity index (χ2n) is 6.83.